The van der Waals surface area contributed by atoms with Crippen LogP contribution in [0.15, 0.2) is 0 Å². The molecule has 2 unspecified atom stereocenters. The summed E-state index contributed by atoms with van der Waals surface area (Å²) in [6, 6.07) is 0. The number of aliphatic hydroxyl groups is 1. The van der Waals surface area contributed by atoms with E-state index in [1.165, 1.54) is 32.1 Å². The van der Waals surface area contributed by atoms with Crippen molar-refractivity contribution in [3.05, 3.63) is 0 Å². The van der Waals surface area contributed by atoms with Crippen LogP contribution in [0.4, 0.5) is 0 Å². The minimum Gasteiger partial charge on any atom is -0.747 e. The smallest absolute Gasteiger partial charge is 0.747 e. The summed E-state index contributed by atoms with van der Waals surface area (Å²) in [6.07, 6.45) is 8.38. The van der Waals surface area contributed by atoms with Crippen molar-refractivity contribution in [1.29, 1.82) is 0 Å². The van der Waals surface area contributed by atoms with E-state index in [0.29, 0.717) is 6.42 Å². The van der Waals surface area contributed by atoms with E-state index in [9.17, 15) is 22.9 Å². The second kappa shape index (κ2) is 13.9. The van der Waals surface area contributed by atoms with Crippen LogP contribution in [0.1, 0.15) is 78.1 Å². The fourth-order valence-corrected chi connectivity index (χ4v) is 3.35. The maximum Gasteiger partial charge on any atom is 1.00 e. The van der Waals surface area contributed by atoms with E-state index in [4.69, 9.17) is 0 Å². The van der Waals surface area contributed by atoms with Gasteiger partial charge in [0.1, 0.15) is 15.4 Å². The monoisotopic (exact) mass is 344 g/mol. The van der Waals surface area contributed by atoms with Gasteiger partial charge in [-0.2, -0.15) is 0 Å². The molecule has 0 heterocycles. The minimum absolute atomic E-state index is 0. The molecule has 2 atom stereocenters. The molecule has 0 fully saturated rings. The van der Waals surface area contributed by atoms with Gasteiger partial charge in [0.25, 0.3) is 0 Å². The van der Waals surface area contributed by atoms with E-state index in [1.807, 2.05) is 0 Å². The van der Waals surface area contributed by atoms with Crippen LogP contribution in [0.3, 0.4) is 0 Å². The Labute approximate surface area is 157 Å². The van der Waals surface area contributed by atoms with Crippen LogP contribution in [0.25, 0.3) is 0 Å². The molecular weight excluding hydrogens is 315 g/mol. The molecule has 22 heavy (non-hydrogen) atoms. The molecular formula is C15H29NaO5S. The summed E-state index contributed by atoms with van der Waals surface area (Å²) in [4.78, 5) is 11.7. The molecule has 0 amide bonds. The van der Waals surface area contributed by atoms with Gasteiger partial charge in [0.15, 0.2) is 5.78 Å². The van der Waals surface area contributed by atoms with Crippen LogP contribution in [0, 0.1) is 0 Å². The predicted molar refractivity (Wildman–Crippen MR) is 82.0 cm³/mol. The van der Waals surface area contributed by atoms with Gasteiger partial charge in [0, 0.05) is 6.42 Å². The molecule has 0 aliphatic carbocycles. The van der Waals surface area contributed by atoms with Crippen molar-refractivity contribution in [1.82, 2.24) is 0 Å². The summed E-state index contributed by atoms with van der Waals surface area (Å²) in [7, 11) is -4.77. The molecule has 0 aliphatic rings. The first-order valence-corrected chi connectivity index (χ1v) is 9.43. The third kappa shape index (κ3) is 12.0. The van der Waals surface area contributed by atoms with Gasteiger partial charge >= 0.3 is 29.6 Å². The Bertz CT molecular complexity index is 381. The molecule has 1 N–H and O–H groups in total. The minimum atomic E-state index is -4.77. The van der Waals surface area contributed by atoms with Crippen molar-refractivity contribution < 1.29 is 52.4 Å². The Balaban J connectivity index is 0. The van der Waals surface area contributed by atoms with Crippen molar-refractivity contribution in [2.45, 2.75) is 89.4 Å². The molecule has 0 aromatic carbocycles. The SMILES string of the molecule is CCCCCCCCCCCC(=O)C(C(C)O)S(=O)(=O)[O-].[Na+]. The van der Waals surface area contributed by atoms with Crippen LogP contribution >= 0.6 is 0 Å². The Morgan fingerprint density at radius 3 is 1.77 bits per heavy atom. The maximum absolute atomic E-state index is 11.7. The summed E-state index contributed by atoms with van der Waals surface area (Å²) in [6.45, 7) is 3.34. The Morgan fingerprint density at radius 1 is 1.00 bits per heavy atom. The molecule has 5 nitrogen and oxygen atoms in total. The van der Waals surface area contributed by atoms with Gasteiger partial charge in [0.05, 0.1) is 6.10 Å². The molecule has 0 bridgehead atoms. The van der Waals surface area contributed by atoms with Crippen molar-refractivity contribution in [2.75, 3.05) is 0 Å². The van der Waals surface area contributed by atoms with Crippen LogP contribution < -0.4 is 29.6 Å². The number of carbonyl (C=O) groups is 1. The standard InChI is InChI=1S/C15H30O5S.Na/c1-3-4-5-6-7-8-9-10-11-12-14(17)15(13(2)16)21(18,19)20;/h13,15-16H,3-12H2,1-2H3,(H,18,19,20);/q;+1/p-1. The molecule has 0 rings (SSSR count). The zero-order chi connectivity index (χ0) is 16.3. The van der Waals surface area contributed by atoms with Crippen molar-refractivity contribution in [3.63, 3.8) is 0 Å². The molecule has 0 spiro atoms. The quantitative estimate of drug-likeness (QED) is 0.283. The third-order valence-electron chi connectivity index (χ3n) is 3.59. The van der Waals surface area contributed by atoms with Crippen molar-refractivity contribution in [2.24, 2.45) is 0 Å². The number of rotatable bonds is 13. The molecule has 0 saturated carbocycles. The summed E-state index contributed by atoms with van der Waals surface area (Å²) in [5.41, 5.74) is 0. The summed E-state index contributed by atoms with van der Waals surface area (Å²) in [5.74, 6) is -0.664. The van der Waals surface area contributed by atoms with Crippen LogP contribution in [-0.4, -0.2) is 35.2 Å². The van der Waals surface area contributed by atoms with Crippen molar-refractivity contribution >= 4 is 15.9 Å². The van der Waals surface area contributed by atoms with E-state index in [-0.39, 0.29) is 36.0 Å². The number of hydrogen-bond acceptors (Lipinski definition) is 5. The van der Waals surface area contributed by atoms with Gasteiger partial charge in [-0.3, -0.25) is 4.79 Å². The molecule has 0 radical (unpaired) electrons. The maximum atomic E-state index is 11.7. The van der Waals surface area contributed by atoms with Gasteiger partial charge in [-0.15, -0.1) is 0 Å². The van der Waals surface area contributed by atoms with Crippen LogP contribution in [0.2, 0.25) is 0 Å². The van der Waals surface area contributed by atoms with E-state index >= 15 is 0 Å². The zero-order valence-corrected chi connectivity index (χ0v) is 17.0. The first kappa shape index (κ1) is 24.8. The number of hydrogen-bond donors (Lipinski definition) is 1. The summed E-state index contributed by atoms with van der Waals surface area (Å²) in [5, 5.41) is 7.45. The Kier molecular flexibility index (Phi) is 15.7. The number of ketones is 1. The van der Waals surface area contributed by atoms with Gasteiger partial charge in [-0.1, -0.05) is 58.3 Å². The number of aliphatic hydroxyl groups excluding tert-OH is 1. The molecule has 126 valence electrons. The molecule has 0 saturated heterocycles. The zero-order valence-electron chi connectivity index (χ0n) is 14.2. The third-order valence-corrected chi connectivity index (χ3v) is 4.87. The second-order valence-corrected chi connectivity index (χ2v) is 7.19. The van der Waals surface area contributed by atoms with E-state index < -0.39 is 27.3 Å². The van der Waals surface area contributed by atoms with Gasteiger partial charge in [0.2, 0.25) is 0 Å². The molecule has 0 aliphatic heterocycles. The molecule has 0 aromatic heterocycles. The summed E-state index contributed by atoms with van der Waals surface area (Å²) < 4.78 is 32.8. The summed E-state index contributed by atoms with van der Waals surface area (Å²) >= 11 is 0. The van der Waals surface area contributed by atoms with Gasteiger partial charge in [-0.25, -0.2) is 8.42 Å². The molecule has 0 aromatic rings. The molecule has 7 heteroatoms. The number of carbonyl (C=O) groups excluding carboxylic acids is 1. The largest absolute Gasteiger partial charge is 1.00 e. The number of Topliss-reactive ketones (excluding diaryl/α,β-unsaturated/α-hetero) is 1. The predicted octanol–water partition coefficient (Wildman–Crippen LogP) is -0.225. The van der Waals surface area contributed by atoms with Crippen LogP contribution in [0.5, 0.6) is 0 Å². The first-order chi connectivity index (χ1) is 9.80. The average Bonchev–Trinajstić information content (AvgIpc) is 2.34. The van der Waals surface area contributed by atoms with E-state index in [0.717, 1.165) is 26.2 Å². The van der Waals surface area contributed by atoms with E-state index in [2.05, 4.69) is 6.92 Å². The Hall–Kier alpha value is 0.540. The topological polar surface area (TPSA) is 94.5 Å². The van der Waals surface area contributed by atoms with E-state index in [1.54, 1.807) is 0 Å². The normalized spacial score (nSPS) is 14.2. The fourth-order valence-electron chi connectivity index (χ4n) is 2.42. The number of unbranched alkanes of at least 4 members (excludes halogenated alkanes) is 8. The van der Waals surface area contributed by atoms with Gasteiger partial charge in [-0.05, 0) is 13.3 Å². The Morgan fingerprint density at radius 2 is 1.41 bits per heavy atom. The van der Waals surface area contributed by atoms with Gasteiger partial charge < -0.3 is 9.66 Å². The average molecular weight is 344 g/mol. The second-order valence-electron chi connectivity index (χ2n) is 5.70. The van der Waals surface area contributed by atoms with Crippen molar-refractivity contribution in [3.8, 4) is 0 Å². The fraction of sp³-hybridized carbons (Fsp3) is 0.933. The van der Waals surface area contributed by atoms with Crippen LogP contribution in [-0.2, 0) is 14.9 Å². The first-order valence-electron chi connectivity index (χ1n) is 7.96.